The standard InChI is InChI=1S/C23H21N5O3S.C6H6O3S/c1-27-16-19(14-25-27)18-7-9-20(10-8-18)32(30,31)28-13-12-17(15-28)6-11-23(29)26-22-5-3-2-4-21(22)24;7-10(8,9)6-4-2-1-3-5-6/h2-16H,24H2,1H3,(H,26,29);1-5H,(H,7,8,9). The van der Waals surface area contributed by atoms with Crippen molar-refractivity contribution in [1.82, 2.24) is 13.8 Å². The second-order valence-corrected chi connectivity index (χ2v) is 12.2. The summed E-state index contributed by atoms with van der Waals surface area (Å²) in [5.41, 5.74) is 9.13. The van der Waals surface area contributed by atoms with Crippen molar-refractivity contribution in [3.05, 3.63) is 121 Å². The zero-order valence-corrected chi connectivity index (χ0v) is 23.9. The Hall–Kier alpha value is -4.98. The maximum atomic E-state index is 12.9. The Bertz CT molecular complexity index is 1930. The van der Waals surface area contributed by atoms with Gasteiger partial charge in [-0.15, -0.1) is 0 Å². The molecule has 216 valence electrons. The van der Waals surface area contributed by atoms with Crippen LogP contribution in [0.1, 0.15) is 5.56 Å². The lowest BCUT2D eigenvalue weighted by Crippen LogP contribution is -2.10. The van der Waals surface area contributed by atoms with E-state index in [4.69, 9.17) is 10.3 Å². The molecule has 1 amide bonds. The van der Waals surface area contributed by atoms with Crippen LogP contribution >= 0.6 is 0 Å². The average molecular weight is 606 g/mol. The van der Waals surface area contributed by atoms with E-state index in [-0.39, 0.29) is 15.7 Å². The smallest absolute Gasteiger partial charge is 0.294 e. The van der Waals surface area contributed by atoms with Gasteiger partial charge in [-0.3, -0.25) is 14.0 Å². The number of anilines is 2. The fourth-order valence-electron chi connectivity index (χ4n) is 3.70. The predicted octanol–water partition coefficient (Wildman–Crippen LogP) is 4.29. The number of nitrogens with one attached hydrogen (secondary N) is 1. The summed E-state index contributed by atoms with van der Waals surface area (Å²) in [7, 11) is -5.94. The molecule has 0 bridgehead atoms. The van der Waals surface area contributed by atoms with Gasteiger partial charge in [0.05, 0.1) is 27.4 Å². The van der Waals surface area contributed by atoms with Crippen molar-refractivity contribution in [2.75, 3.05) is 11.1 Å². The number of para-hydroxylation sites is 2. The van der Waals surface area contributed by atoms with Crippen LogP contribution in [0.3, 0.4) is 0 Å². The van der Waals surface area contributed by atoms with E-state index in [2.05, 4.69) is 10.4 Å². The number of hydrogen-bond donors (Lipinski definition) is 3. The topological polar surface area (TPSA) is 166 Å². The molecule has 2 aromatic heterocycles. The zero-order chi connectivity index (χ0) is 30.3. The van der Waals surface area contributed by atoms with Crippen molar-refractivity contribution in [1.29, 1.82) is 0 Å². The largest absolute Gasteiger partial charge is 0.397 e. The van der Waals surface area contributed by atoms with Crippen LogP contribution in [-0.4, -0.2) is 41.0 Å². The molecule has 0 spiro atoms. The van der Waals surface area contributed by atoms with Crippen LogP contribution in [0.25, 0.3) is 17.2 Å². The van der Waals surface area contributed by atoms with E-state index in [0.29, 0.717) is 16.9 Å². The van der Waals surface area contributed by atoms with E-state index in [1.54, 1.807) is 83.7 Å². The monoisotopic (exact) mass is 605 g/mol. The second-order valence-electron chi connectivity index (χ2n) is 8.90. The van der Waals surface area contributed by atoms with Crippen molar-refractivity contribution in [3.63, 3.8) is 0 Å². The Kier molecular flexibility index (Phi) is 9.06. The van der Waals surface area contributed by atoms with E-state index in [0.717, 1.165) is 15.1 Å². The molecule has 4 N–H and O–H groups in total. The lowest BCUT2D eigenvalue weighted by atomic mass is 10.1. The Morgan fingerprint density at radius 3 is 2.12 bits per heavy atom. The number of carbonyl (C=O) groups is 1. The number of rotatable bonds is 7. The van der Waals surface area contributed by atoms with Gasteiger partial charge in [0.1, 0.15) is 0 Å². The average Bonchev–Trinajstić information content (AvgIpc) is 3.63. The molecule has 0 aliphatic carbocycles. The molecule has 0 unspecified atom stereocenters. The Balaban J connectivity index is 0.000000343. The quantitative estimate of drug-likeness (QED) is 0.140. The summed E-state index contributed by atoms with van der Waals surface area (Å²) < 4.78 is 57.9. The zero-order valence-electron chi connectivity index (χ0n) is 22.3. The number of hydrogen-bond acceptors (Lipinski definition) is 7. The van der Waals surface area contributed by atoms with Gasteiger partial charge in [0.15, 0.2) is 0 Å². The van der Waals surface area contributed by atoms with Crippen LogP contribution in [0, 0.1) is 0 Å². The minimum Gasteiger partial charge on any atom is -0.397 e. The predicted molar refractivity (Wildman–Crippen MR) is 160 cm³/mol. The summed E-state index contributed by atoms with van der Waals surface area (Å²) in [5, 5.41) is 6.81. The molecule has 0 aliphatic rings. The van der Waals surface area contributed by atoms with Crippen molar-refractivity contribution in [3.8, 4) is 11.1 Å². The van der Waals surface area contributed by atoms with Crippen LogP contribution in [-0.2, 0) is 32.0 Å². The number of nitrogens with zero attached hydrogens (tertiary/aromatic N) is 3. The molecule has 11 nitrogen and oxygen atoms in total. The highest BCUT2D eigenvalue weighted by molar-refractivity contribution is 7.90. The molecule has 2 heterocycles. The first-order valence-electron chi connectivity index (χ1n) is 12.3. The SMILES string of the molecule is Cn1cc(-c2ccc(S(=O)(=O)n3ccc(C=CC(=O)Nc4ccccc4N)c3)cc2)cn1.O=S(=O)(O)c1ccccc1. The minimum absolute atomic E-state index is 0.0741. The van der Waals surface area contributed by atoms with Crippen LogP contribution < -0.4 is 11.1 Å². The normalized spacial score (nSPS) is 11.6. The minimum atomic E-state index is -4.00. The van der Waals surface area contributed by atoms with Gasteiger partial charge in [0, 0.05) is 37.3 Å². The summed E-state index contributed by atoms with van der Waals surface area (Å²) in [5.74, 6) is -0.371. The molecule has 0 fully saturated rings. The maximum Gasteiger partial charge on any atom is 0.294 e. The molecule has 0 atom stereocenters. The lowest BCUT2D eigenvalue weighted by molar-refractivity contribution is -0.111. The Morgan fingerprint density at radius 1 is 0.857 bits per heavy atom. The summed E-state index contributed by atoms with van der Waals surface area (Å²) in [4.78, 5) is 12.2. The van der Waals surface area contributed by atoms with Crippen LogP contribution in [0.15, 0.2) is 126 Å². The molecule has 0 radical (unpaired) electrons. The Morgan fingerprint density at radius 2 is 1.52 bits per heavy atom. The van der Waals surface area contributed by atoms with Crippen molar-refractivity contribution >= 4 is 43.5 Å². The molecular formula is C29H27N5O6S2. The third-order valence-corrected chi connectivity index (χ3v) is 8.36. The third kappa shape index (κ3) is 7.60. The number of aryl methyl sites for hydroxylation is 1. The van der Waals surface area contributed by atoms with E-state index in [1.807, 2.05) is 13.2 Å². The van der Waals surface area contributed by atoms with E-state index in [1.165, 1.54) is 36.7 Å². The molecule has 0 saturated heterocycles. The highest BCUT2D eigenvalue weighted by Crippen LogP contribution is 2.23. The highest BCUT2D eigenvalue weighted by atomic mass is 32.2. The molecule has 0 aliphatic heterocycles. The number of aromatic nitrogens is 3. The number of amides is 1. The fraction of sp³-hybridized carbons (Fsp3) is 0.0345. The summed E-state index contributed by atoms with van der Waals surface area (Å²) in [6, 6.07) is 22.6. The first-order chi connectivity index (χ1) is 19.9. The first kappa shape index (κ1) is 30.0. The van der Waals surface area contributed by atoms with Gasteiger partial charge in [0.25, 0.3) is 20.1 Å². The maximum absolute atomic E-state index is 12.9. The van der Waals surface area contributed by atoms with E-state index in [9.17, 15) is 21.6 Å². The van der Waals surface area contributed by atoms with E-state index >= 15 is 0 Å². The molecular weight excluding hydrogens is 578 g/mol. The molecule has 42 heavy (non-hydrogen) atoms. The van der Waals surface area contributed by atoms with Crippen LogP contribution in [0.5, 0.6) is 0 Å². The van der Waals surface area contributed by atoms with Crippen molar-refractivity contribution in [2.24, 2.45) is 7.05 Å². The van der Waals surface area contributed by atoms with Crippen LogP contribution in [0.2, 0.25) is 0 Å². The fourth-order valence-corrected chi connectivity index (χ4v) is 5.41. The van der Waals surface area contributed by atoms with Crippen LogP contribution in [0.4, 0.5) is 11.4 Å². The molecule has 0 saturated carbocycles. The Labute approximate surface area is 243 Å². The van der Waals surface area contributed by atoms with Gasteiger partial charge in [-0.1, -0.05) is 42.5 Å². The molecule has 5 aromatic rings. The number of carbonyl (C=O) groups excluding carboxylic acids is 1. The summed E-state index contributed by atoms with van der Waals surface area (Å²) >= 11 is 0. The summed E-state index contributed by atoms with van der Waals surface area (Å²) in [6.07, 6.45) is 9.32. The third-order valence-electron chi connectivity index (χ3n) is 5.85. The van der Waals surface area contributed by atoms with E-state index < -0.39 is 20.1 Å². The van der Waals surface area contributed by atoms with Gasteiger partial charge >= 0.3 is 0 Å². The molecule has 3 aromatic carbocycles. The number of nitrogens with two attached hydrogens (primary N) is 1. The van der Waals surface area contributed by atoms with Gasteiger partial charge in [-0.2, -0.15) is 13.5 Å². The number of benzene rings is 3. The van der Waals surface area contributed by atoms with Gasteiger partial charge in [-0.05, 0) is 59.7 Å². The van der Waals surface area contributed by atoms with Gasteiger partial charge < -0.3 is 11.1 Å². The highest BCUT2D eigenvalue weighted by Gasteiger charge is 2.17. The van der Waals surface area contributed by atoms with Crippen molar-refractivity contribution in [2.45, 2.75) is 9.79 Å². The lowest BCUT2D eigenvalue weighted by Gasteiger charge is -2.06. The summed E-state index contributed by atoms with van der Waals surface area (Å²) in [6.45, 7) is 0. The second kappa shape index (κ2) is 12.7. The molecule has 13 heteroatoms. The molecule has 5 rings (SSSR count). The first-order valence-corrected chi connectivity index (χ1v) is 15.2. The number of nitrogen functional groups attached to an aromatic ring is 1. The van der Waals surface area contributed by atoms with Crippen molar-refractivity contribution < 1.29 is 26.2 Å². The van der Waals surface area contributed by atoms with Gasteiger partial charge in [-0.25, -0.2) is 12.4 Å². The van der Waals surface area contributed by atoms with Gasteiger partial charge in [0.2, 0.25) is 5.91 Å².